The van der Waals surface area contributed by atoms with Crippen LogP contribution in [0.2, 0.25) is 0 Å². The molecule has 0 nitrogen and oxygen atoms in total. The summed E-state index contributed by atoms with van der Waals surface area (Å²) in [6.07, 6.45) is 0. The molecule has 0 radical (unpaired) electrons. The van der Waals surface area contributed by atoms with Crippen molar-refractivity contribution in [3.05, 3.63) is 41.1 Å². The van der Waals surface area contributed by atoms with Crippen LogP contribution < -0.4 is 0 Å². The van der Waals surface area contributed by atoms with Crippen molar-refractivity contribution in [3.63, 3.8) is 0 Å². The van der Waals surface area contributed by atoms with Crippen LogP contribution in [0.25, 0.3) is 0 Å². The number of hydrogen-bond acceptors (Lipinski definition) is 2. The normalized spacial score (nSPS) is 13.1. The highest BCUT2D eigenvalue weighted by molar-refractivity contribution is 9.13. The second-order valence-corrected chi connectivity index (χ2v) is 8.09. The fraction of sp³-hybridized carbons (Fsp3) is 0.200. The maximum Gasteiger partial charge on any atom is 0.102 e. The monoisotopic (exact) mass is 384 g/mol. The largest absolute Gasteiger partial charge is 0.144 e. The van der Waals surface area contributed by atoms with Crippen LogP contribution in [0.1, 0.15) is 20.0 Å². The van der Waals surface area contributed by atoms with Crippen molar-refractivity contribution in [2.45, 2.75) is 12.3 Å². The molecule has 0 N–H and O–H groups in total. The van der Waals surface area contributed by atoms with Crippen LogP contribution in [0.5, 0.6) is 0 Å². The number of alkyl halides is 1. The van der Waals surface area contributed by atoms with Gasteiger partial charge in [0.1, 0.15) is 5.38 Å². The third-order valence-electron chi connectivity index (χ3n) is 1.92. The Kier molecular flexibility index (Phi) is 3.94. The zero-order chi connectivity index (χ0) is 11.0. The van der Waals surface area contributed by atoms with E-state index in [2.05, 4.69) is 57.0 Å². The minimum atomic E-state index is -0.0312. The van der Waals surface area contributed by atoms with Crippen LogP contribution in [-0.2, 0) is 0 Å². The van der Waals surface area contributed by atoms with Crippen molar-refractivity contribution < 1.29 is 0 Å². The van der Waals surface area contributed by atoms with Gasteiger partial charge in [0.25, 0.3) is 0 Å². The molecule has 0 amide bonds. The number of thiophene rings is 2. The third kappa shape index (κ3) is 2.67. The first-order chi connectivity index (χ1) is 7.08. The minimum Gasteiger partial charge on any atom is -0.144 e. The van der Waals surface area contributed by atoms with E-state index >= 15 is 0 Å². The summed E-state index contributed by atoms with van der Waals surface area (Å²) in [6.45, 7) is 2.10. The molecular weight excluding hydrogens is 380 g/mol. The standard InChI is InChI=1S/C10H7Br2ClS2/c1-5-2-3-7(14-5)9(13)8-4-6(11)10(12)15-8/h2-4,9H,1H3. The van der Waals surface area contributed by atoms with Gasteiger partial charge < -0.3 is 0 Å². The first kappa shape index (κ1) is 12.1. The van der Waals surface area contributed by atoms with Crippen molar-refractivity contribution >= 4 is 66.1 Å². The van der Waals surface area contributed by atoms with Gasteiger partial charge in [-0.25, -0.2) is 0 Å². The van der Waals surface area contributed by atoms with Gasteiger partial charge in [0.2, 0.25) is 0 Å². The molecule has 0 fully saturated rings. The van der Waals surface area contributed by atoms with Gasteiger partial charge >= 0.3 is 0 Å². The molecule has 2 heterocycles. The lowest BCUT2D eigenvalue weighted by Crippen LogP contribution is -1.84. The van der Waals surface area contributed by atoms with Gasteiger partial charge in [-0.1, -0.05) is 0 Å². The van der Waals surface area contributed by atoms with E-state index in [1.165, 1.54) is 9.75 Å². The molecule has 0 aliphatic rings. The maximum atomic E-state index is 6.41. The van der Waals surface area contributed by atoms with Crippen molar-refractivity contribution in [2.24, 2.45) is 0 Å². The number of halogens is 3. The van der Waals surface area contributed by atoms with E-state index in [1.54, 1.807) is 22.7 Å². The van der Waals surface area contributed by atoms with Crippen molar-refractivity contribution in [3.8, 4) is 0 Å². The van der Waals surface area contributed by atoms with Gasteiger partial charge in [0.15, 0.2) is 0 Å². The van der Waals surface area contributed by atoms with E-state index in [0.29, 0.717) is 0 Å². The SMILES string of the molecule is Cc1ccc(C(Cl)c2cc(Br)c(Br)s2)s1. The summed E-state index contributed by atoms with van der Waals surface area (Å²) in [4.78, 5) is 3.66. The van der Waals surface area contributed by atoms with Crippen LogP contribution in [0.4, 0.5) is 0 Å². The fourth-order valence-corrected chi connectivity index (χ4v) is 4.66. The molecule has 0 saturated carbocycles. The summed E-state index contributed by atoms with van der Waals surface area (Å²) in [6, 6.07) is 6.27. The molecule has 0 aliphatic heterocycles. The van der Waals surface area contributed by atoms with Crippen LogP contribution in [0.3, 0.4) is 0 Å². The van der Waals surface area contributed by atoms with Crippen LogP contribution in [0.15, 0.2) is 26.5 Å². The molecule has 1 unspecified atom stereocenters. The Morgan fingerprint density at radius 2 is 1.93 bits per heavy atom. The summed E-state index contributed by atoms with van der Waals surface area (Å²) in [7, 11) is 0. The van der Waals surface area contributed by atoms with Gasteiger partial charge in [0, 0.05) is 19.1 Å². The Morgan fingerprint density at radius 3 is 2.40 bits per heavy atom. The van der Waals surface area contributed by atoms with E-state index in [1.807, 2.05) is 0 Å². The lowest BCUT2D eigenvalue weighted by Gasteiger charge is -2.02. The van der Waals surface area contributed by atoms with Gasteiger partial charge in [-0.3, -0.25) is 0 Å². The average molecular weight is 387 g/mol. The first-order valence-electron chi connectivity index (χ1n) is 4.23. The van der Waals surface area contributed by atoms with Crippen LogP contribution in [-0.4, -0.2) is 0 Å². The third-order valence-corrected chi connectivity index (χ3v) is 7.04. The molecule has 0 aliphatic carbocycles. The lowest BCUT2D eigenvalue weighted by molar-refractivity contribution is 1.24. The summed E-state index contributed by atoms with van der Waals surface area (Å²) in [5.41, 5.74) is 0. The first-order valence-corrected chi connectivity index (χ1v) is 7.88. The topological polar surface area (TPSA) is 0 Å². The highest BCUT2D eigenvalue weighted by atomic mass is 79.9. The van der Waals surface area contributed by atoms with E-state index in [4.69, 9.17) is 11.6 Å². The Bertz CT molecular complexity index is 456. The van der Waals surface area contributed by atoms with Crippen molar-refractivity contribution in [1.29, 1.82) is 0 Å². The molecule has 0 bridgehead atoms. The maximum absolute atomic E-state index is 6.41. The molecular formula is C10H7Br2ClS2. The van der Waals surface area contributed by atoms with Crippen LogP contribution in [0, 0.1) is 6.92 Å². The molecule has 80 valence electrons. The second kappa shape index (κ2) is 4.88. The highest BCUT2D eigenvalue weighted by Gasteiger charge is 2.16. The number of hydrogen-bond donors (Lipinski definition) is 0. The molecule has 15 heavy (non-hydrogen) atoms. The van der Waals surface area contributed by atoms with Gasteiger partial charge in [0.05, 0.1) is 3.79 Å². The Morgan fingerprint density at radius 1 is 1.20 bits per heavy atom. The highest BCUT2D eigenvalue weighted by Crippen LogP contribution is 2.41. The second-order valence-electron chi connectivity index (χ2n) is 3.08. The molecule has 0 spiro atoms. The smallest absolute Gasteiger partial charge is 0.102 e. The van der Waals surface area contributed by atoms with Gasteiger partial charge in [-0.05, 0) is 57.0 Å². The van der Waals surface area contributed by atoms with E-state index in [-0.39, 0.29) is 5.38 Å². The Hall–Kier alpha value is 0.650. The molecule has 5 heteroatoms. The summed E-state index contributed by atoms with van der Waals surface area (Å²) >= 11 is 16.8. The fourth-order valence-electron chi connectivity index (χ4n) is 1.22. The van der Waals surface area contributed by atoms with Crippen LogP contribution >= 0.6 is 66.1 Å². The molecule has 0 saturated heterocycles. The summed E-state index contributed by atoms with van der Waals surface area (Å²) in [5.74, 6) is 0. The van der Waals surface area contributed by atoms with E-state index < -0.39 is 0 Å². The Labute approximate surface area is 119 Å². The number of aryl methyl sites for hydroxylation is 1. The predicted octanol–water partition coefficient (Wildman–Crippen LogP) is 5.97. The molecule has 1 atom stereocenters. The molecule has 2 rings (SSSR count). The zero-order valence-electron chi connectivity index (χ0n) is 7.76. The molecule has 2 aromatic heterocycles. The average Bonchev–Trinajstić information content (AvgIpc) is 2.74. The Balaban J connectivity index is 2.31. The van der Waals surface area contributed by atoms with Crippen molar-refractivity contribution in [1.82, 2.24) is 0 Å². The zero-order valence-corrected chi connectivity index (χ0v) is 13.3. The van der Waals surface area contributed by atoms with E-state index in [0.717, 1.165) is 13.1 Å². The van der Waals surface area contributed by atoms with Crippen molar-refractivity contribution in [2.75, 3.05) is 0 Å². The molecule has 2 aromatic rings. The van der Waals surface area contributed by atoms with E-state index in [9.17, 15) is 0 Å². The number of rotatable bonds is 2. The van der Waals surface area contributed by atoms with Gasteiger partial charge in [-0.2, -0.15) is 0 Å². The summed E-state index contributed by atoms with van der Waals surface area (Å²) < 4.78 is 2.16. The summed E-state index contributed by atoms with van der Waals surface area (Å²) in [5, 5.41) is -0.0312. The molecule has 0 aromatic carbocycles. The minimum absolute atomic E-state index is 0.0312. The lowest BCUT2D eigenvalue weighted by atomic mass is 10.3. The predicted molar refractivity (Wildman–Crippen MR) is 76.5 cm³/mol. The quantitative estimate of drug-likeness (QED) is 0.558. The van der Waals surface area contributed by atoms with Gasteiger partial charge in [-0.15, -0.1) is 34.3 Å².